The van der Waals surface area contributed by atoms with Gasteiger partial charge in [0.05, 0.1) is 23.1 Å². The summed E-state index contributed by atoms with van der Waals surface area (Å²) in [7, 11) is 0. The van der Waals surface area contributed by atoms with Crippen LogP contribution in [0.2, 0.25) is 0 Å². The average Bonchev–Trinajstić information content (AvgIpc) is 3.27. The fourth-order valence-electron chi connectivity index (χ4n) is 4.27. The van der Waals surface area contributed by atoms with Crippen LogP contribution in [0.5, 0.6) is 0 Å². The molecule has 2 aromatic heterocycles. The highest BCUT2D eigenvalue weighted by atomic mass is 16.5. The molecule has 0 bridgehead atoms. The molecule has 154 valence electrons. The first-order valence-corrected chi connectivity index (χ1v) is 10.7. The number of aromatic nitrogens is 2. The summed E-state index contributed by atoms with van der Waals surface area (Å²) in [4.78, 5) is 24.5. The topological polar surface area (TPSA) is 67.3 Å². The maximum atomic E-state index is 12.9. The lowest BCUT2D eigenvalue weighted by molar-refractivity contribution is 0.0855. The van der Waals surface area contributed by atoms with E-state index in [0.717, 1.165) is 74.6 Å². The van der Waals surface area contributed by atoms with Crippen molar-refractivity contribution < 1.29 is 9.53 Å². The quantitative estimate of drug-likeness (QED) is 0.816. The van der Waals surface area contributed by atoms with Gasteiger partial charge in [0.1, 0.15) is 0 Å². The van der Waals surface area contributed by atoms with E-state index in [1.807, 2.05) is 37.4 Å². The van der Waals surface area contributed by atoms with Gasteiger partial charge >= 0.3 is 0 Å². The van der Waals surface area contributed by atoms with Gasteiger partial charge in [-0.25, -0.2) is 0 Å². The normalized spacial score (nSPS) is 20.7. The molecule has 0 spiro atoms. The van der Waals surface area contributed by atoms with Gasteiger partial charge in [0.25, 0.3) is 5.91 Å². The highest BCUT2D eigenvalue weighted by Gasteiger charge is 2.26. The lowest BCUT2D eigenvalue weighted by atomic mass is 9.89. The molecule has 0 aliphatic carbocycles. The Labute approximate surface area is 172 Å². The first-order valence-electron chi connectivity index (χ1n) is 10.7. The van der Waals surface area contributed by atoms with Gasteiger partial charge in [0, 0.05) is 37.5 Å². The number of nitrogens with one attached hydrogen (secondary N) is 1. The van der Waals surface area contributed by atoms with Crippen LogP contribution in [0.1, 0.15) is 59.0 Å². The molecule has 2 aliphatic heterocycles. The van der Waals surface area contributed by atoms with Crippen LogP contribution < -0.4 is 5.32 Å². The SMILES string of the molecule is Cc1ccc(C(=O)NCC2CCCO2)c(C2CCN(Cc3ccccn3)CC2)n1. The Balaban J connectivity index is 1.39. The van der Waals surface area contributed by atoms with Crippen molar-refractivity contribution in [1.29, 1.82) is 0 Å². The first-order chi connectivity index (χ1) is 14.2. The van der Waals surface area contributed by atoms with Crippen molar-refractivity contribution in [2.45, 2.75) is 51.2 Å². The summed E-state index contributed by atoms with van der Waals surface area (Å²) < 4.78 is 5.62. The molecule has 0 saturated carbocycles. The van der Waals surface area contributed by atoms with E-state index in [9.17, 15) is 4.79 Å². The summed E-state index contributed by atoms with van der Waals surface area (Å²) in [5, 5.41) is 3.06. The van der Waals surface area contributed by atoms with Crippen molar-refractivity contribution in [2.24, 2.45) is 0 Å². The molecule has 1 unspecified atom stereocenters. The predicted molar refractivity (Wildman–Crippen MR) is 112 cm³/mol. The van der Waals surface area contributed by atoms with Gasteiger partial charge in [-0.3, -0.25) is 19.7 Å². The zero-order chi connectivity index (χ0) is 20.1. The van der Waals surface area contributed by atoms with Crippen LogP contribution in [0, 0.1) is 6.92 Å². The van der Waals surface area contributed by atoms with Crippen molar-refractivity contribution in [3.8, 4) is 0 Å². The Hall–Kier alpha value is -2.31. The Morgan fingerprint density at radius 2 is 2.07 bits per heavy atom. The molecular weight excluding hydrogens is 364 g/mol. The van der Waals surface area contributed by atoms with E-state index in [1.54, 1.807) is 0 Å². The summed E-state index contributed by atoms with van der Waals surface area (Å²) in [6, 6.07) is 9.92. The van der Waals surface area contributed by atoms with Crippen molar-refractivity contribution in [3.63, 3.8) is 0 Å². The molecule has 4 rings (SSSR count). The van der Waals surface area contributed by atoms with Crippen molar-refractivity contribution in [3.05, 3.63) is 59.2 Å². The van der Waals surface area contributed by atoms with Gasteiger partial charge in [-0.15, -0.1) is 0 Å². The van der Waals surface area contributed by atoms with Crippen LogP contribution >= 0.6 is 0 Å². The summed E-state index contributed by atoms with van der Waals surface area (Å²) in [5.41, 5.74) is 3.74. The summed E-state index contributed by atoms with van der Waals surface area (Å²) in [5.74, 6) is 0.289. The number of pyridine rings is 2. The van der Waals surface area contributed by atoms with E-state index in [1.165, 1.54) is 0 Å². The number of ether oxygens (including phenoxy) is 1. The molecule has 2 fully saturated rings. The second kappa shape index (κ2) is 9.46. The largest absolute Gasteiger partial charge is 0.376 e. The minimum absolute atomic E-state index is 0.0288. The number of rotatable bonds is 6. The van der Waals surface area contributed by atoms with E-state index < -0.39 is 0 Å². The highest BCUT2D eigenvalue weighted by Crippen LogP contribution is 2.30. The Morgan fingerprint density at radius 1 is 1.21 bits per heavy atom. The summed E-state index contributed by atoms with van der Waals surface area (Å²) >= 11 is 0. The first kappa shape index (κ1) is 20.0. The molecule has 1 amide bonds. The number of hydrogen-bond donors (Lipinski definition) is 1. The van der Waals surface area contributed by atoms with E-state index in [-0.39, 0.29) is 12.0 Å². The molecule has 2 saturated heterocycles. The van der Waals surface area contributed by atoms with Crippen LogP contribution in [0.15, 0.2) is 36.5 Å². The number of carbonyl (C=O) groups excluding carboxylic acids is 1. The second-order valence-corrected chi connectivity index (χ2v) is 8.10. The molecule has 6 nitrogen and oxygen atoms in total. The zero-order valence-corrected chi connectivity index (χ0v) is 17.1. The van der Waals surface area contributed by atoms with Crippen molar-refractivity contribution in [2.75, 3.05) is 26.2 Å². The lowest BCUT2D eigenvalue weighted by Crippen LogP contribution is -2.35. The van der Waals surface area contributed by atoms with Crippen LogP contribution in [0.25, 0.3) is 0 Å². The van der Waals surface area contributed by atoms with Gasteiger partial charge in [-0.1, -0.05) is 6.07 Å². The molecule has 0 radical (unpaired) electrons. The monoisotopic (exact) mass is 394 g/mol. The third-order valence-electron chi connectivity index (χ3n) is 5.91. The number of amides is 1. The second-order valence-electron chi connectivity index (χ2n) is 8.10. The number of hydrogen-bond acceptors (Lipinski definition) is 5. The fraction of sp³-hybridized carbons (Fsp3) is 0.522. The third kappa shape index (κ3) is 5.19. The minimum Gasteiger partial charge on any atom is -0.376 e. The van der Waals surface area contributed by atoms with Crippen molar-refractivity contribution >= 4 is 5.91 Å². The summed E-state index contributed by atoms with van der Waals surface area (Å²) in [6.45, 7) is 6.24. The average molecular weight is 395 g/mol. The van der Waals surface area contributed by atoms with Gasteiger partial charge in [0.2, 0.25) is 0 Å². The third-order valence-corrected chi connectivity index (χ3v) is 5.91. The Kier molecular flexibility index (Phi) is 6.52. The van der Waals surface area contributed by atoms with E-state index in [2.05, 4.69) is 21.3 Å². The van der Waals surface area contributed by atoms with E-state index in [4.69, 9.17) is 9.72 Å². The summed E-state index contributed by atoms with van der Waals surface area (Å²) in [6.07, 6.45) is 6.11. The van der Waals surface area contributed by atoms with Crippen LogP contribution in [0.3, 0.4) is 0 Å². The molecule has 6 heteroatoms. The fourth-order valence-corrected chi connectivity index (χ4v) is 4.27. The van der Waals surface area contributed by atoms with Crippen LogP contribution in [-0.2, 0) is 11.3 Å². The van der Waals surface area contributed by atoms with Crippen LogP contribution in [-0.4, -0.2) is 53.1 Å². The zero-order valence-electron chi connectivity index (χ0n) is 17.1. The molecule has 1 atom stereocenters. The minimum atomic E-state index is -0.0288. The van der Waals surface area contributed by atoms with E-state index >= 15 is 0 Å². The van der Waals surface area contributed by atoms with Crippen LogP contribution in [0.4, 0.5) is 0 Å². The lowest BCUT2D eigenvalue weighted by Gasteiger charge is -2.32. The van der Waals surface area contributed by atoms with Gasteiger partial charge in [0.15, 0.2) is 0 Å². The molecule has 4 heterocycles. The Morgan fingerprint density at radius 3 is 2.79 bits per heavy atom. The van der Waals surface area contributed by atoms with Gasteiger partial charge < -0.3 is 10.1 Å². The number of nitrogens with zero attached hydrogens (tertiary/aromatic N) is 3. The van der Waals surface area contributed by atoms with Gasteiger partial charge in [-0.2, -0.15) is 0 Å². The van der Waals surface area contributed by atoms with E-state index in [0.29, 0.717) is 12.5 Å². The highest BCUT2D eigenvalue weighted by molar-refractivity contribution is 5.95. The molecule has 29 heavy (non-hydrogen) atoms. The molecule has 2 aromatic rings. The maximum absolute atomic E-state index is 12.9. The predicted octanol–water partition coefficient (Wildman–Crippen LogP) is 3.07. The smallest absolute Gasteiger partial charge is 0.253 e. The molecular formula is C23H30N4O2. The molecule has 2 aliphatic rings. The molecule has 1 N–H and O–H groups in total. The Bertz CT molecular complexity index is 813. The van der Waals surface area contributed by atoms with Crippen molar-refractivity contribution in [1.82, 2.24) is 20.2 Å². The number of likely N-dealkylation sites (tertiary alicyclic amines) is 1. The molecule has 0 aromatic carbocycles. The standard InChI is InChI=1S/C23H30N4O2/c1-17-7-8-21(23(28)25-15-20-6-4-14-29-20)22(26-17)18-9-12-27(13-10-18)16-19-5-2-3-11-24-19/h2-3,5,7-8,11,18,20H,4,6,9-10,12-16H2,1H3,(H,25,28). The van der Waals surface area contributed by atoms with Gasteiger partial charge in [-0.05, 0) is 70.0 Å². The number of piperidine rings is 1. The number of carbonyl (C=O) groups is 1. The maximum Gasteiger partial charge on any atom is 0.253 e. The number of aryl methyl sites for hydroxylation is 1.